The van der Waals surface area contributed by atoms with Crippen molar-refractivity contribution in [1.82, 2.24) is 20.2 Å². The Kier molecular flexibility index (Phi) is 3.93. The molecule has 0 aliphatic heterocycles. The van der Waals surface area contributed by atoms with Gasteiger partial charge in [-0.2, -0.15) is 0 Å². The number of nitrogens with two attached hydrogens (primary N) is 1. The molecule has 1 aromatic carbocycles. The van der Waals surface area contributed by atoms with E-state index in [9.17, 15) is 4.21 Å². The van der Waals surface area contributed by atoms with E-state index in [-0.39, 0.29) is 0 Å². The summed E-state index contributed by atoms with van der Waals surface area (Å²) in [6.07, 6.45) is 1.64. The Hall–Kier alpha value is -1.47. The van der Waals surface area contributed by atoms with Crippen LogP contribution in [0.25, 0.3) is 11.4 Å². The topological polar surface area (TPSA) is 86.7 Å². The van der Waals surface area contributed by atoms with Crippen molar-refractivity contribution in [3.63, 3.8) is 0 Å². The van der Waals surface area contributed by atoms with Crippen LogP contribution < -0.4 is 5.73 Å². The van der Waals surface area contributed by atoms with E-state index in [1.54, 1.807) is 29.1 Å². The van der Waals surface area contributed by atoms with Gasteiger partial charge in [-0.1, -0.05) is 11.6 Å². The van der Waals surface area contributed by atoms with E-state index >= 15 is 0 Å². The summed E-state index contributed by atoms with van der Waals surface area (Å²) in [7, 11) is -0.898. The molecule has 0 aliphatic rings. The number of benzene rings is 1. The molecular weight excluding hydrogens is 274 g/mol. The summed E-state index contributed by atoms with van der Waals surface area (Å²) >= 11 is 5.93. The first-order valence-electron chi connectivity index (χ1n) is 5.19. The number of aryl methyl sites for hydroxylation is 1. The molecule has 18 heavy (non-hydrogen) atoms. The van der Waals surface area contributed by atoms with Gasteiger partial charge in [-0.05, 0) is 28.6 Å². The van der Waals surface area contributed by atoms with Gasteiger partial charge in [0.1, 0.15) is 0 Å². The molecule has 2 rings (SSSR count). The number of hydrogen-bond donors (Lipinski definition) is 1. The molecule has 1 aromatic heterocycles. The molecule has 2 aromatic rings. The molecule has 1 heterocycles. The average molecular weight is 286 g/mol. The fourth-order valence-corrected chi connectivity index (χ4v) is 2.09. The van der Waals surface area contributed by atoms with E-state index < -0.39 is 10.8 Å². The summed E-state index contributed by atoms with van der Waals surface area (Å²) in [6.45, 7) is 0.470. The molecule has 96 valence electrons. The van der Waals surface area contributed by atoms with Crippen LogP contribution in [-0.4, -0.2) is 36.4 Å². The Morgan fingerprint density at radius 2 is 2.28 bits per heavy atom. The molecule has 1 unspecified atom stereocenters. The van der Waals surface area contributed by atoms with E-state index in [1.807, 2.05) is 0 Å². The Morgan fingerprint density at radius 3 is 3.00 bits per heavy atom. The lowest BCUT2D eigenvalue weighted by molar-refractivity contribution is 0.625. The third-order valence-corrected chi connectivity index (χ3v) is 3.37. The largest absolute Gasteiger partial charge is 0.398 e. The zero-order chi connectivity index (χ0) is 13.1. The van der Waals surface area contributed by atoms with Gasteiger partial charge in [-0.25, -0.2) is 4.68 Å². The van der Waals surface area contributed by atoms with Crippen LogP contribution in [0.15, 0.2) is 18.2 Å². The highest BCUT2D eigenvalue weighted by atomic mass is 35.5. The van der Waals surface area contributed by atoms with Crippen molar-refractivity contribution in [3.8, 4) is 11.4 Å². The van der Waals surface area contributed by atoms with Gasteiger partial charge in [-0.15, -0.1) is 5.10 Å². The molecule has 2 N–H and O–H groups in total. The second-order valence-corrected chi connectivity index (χ2v) is 5.73. The van der Waals surface area contributed by atoms with Gasteiger partial charge >= 0.3 is 0 Å². The summed E-state index contributed by atoms with van der Waals surface area (Å²) < 4.78 is 12.7. The number of anilines is 1. The molecule has 6 nitrogen and oxygen atoms in total. The maximum atomic E-state index is 11.1. The van der Waals surface area contributed by atoms with Gasteiger partial charge in [0, 0.05) is 39.1 Å². The molecule has 0 amide bonds. The molecule has 0 fully saturated rings. The molecule has 0 saturated carbocycles. The van der Waals surface area contributed by atoms with Crippen molar-refractivity contribution in [2.75, 3.05) is 17.7 Å². The Bertz CT molecular complexity index is 585. The van der Waals surface area contributed by atoms with E-state index in [2.05, 4.69) is 15.5 Å². The van der Waals surface area contributed by atoms with Gasteiger partial charge in [0.05, 0.1) is 6.54 Å². The first kappa shape index (κ1) is 13.0. The third kappa shape index (κ3) is 2.85. The second kappa shape index (κ2) is 5.45. The van der Waals surface area contributed by atoms with Crippen LogP contribution in [0.4, 0.5) is 5.69 Å². The molecule has 8 heteroatoms. The Balaban J connectivity index is 2.36. The SMILES string of the molecule is CS(=O)CCn1nnnc1-c1cc(Cl)ccc1N. The maximum Gasteiger partial charge on any atom is 0.184 e. The summed E-state index contributed by atoms with van der Waals surface area (Å²) in [5, 5.41) is 12.0. The lowest BCUT2D eigenvalue weighted by Gasteiger charge is -2.06. The van der Waals surface area contributed by atoms with Crippen molar-refractivity contribution >= 4 is 28.1 Å². The van der Waals surface area contributed by atoms with Crippen LogP contribution in [0.3, 0.4) is 0 Å². The number of tetrazole rings is 1. The maximum absolute atomic E-state index is 11.1. The zero-order valence-electron chi connectivity index (χ0n) is 9.71. The van der Waals surface area contributed by atoms with Gasteiger partial charge in [0.15, 0.2) is 5.82 Å². The quantitative estimate of drug-likeness (QED) is 0.845. The molecule has 0 bridgehead atoms. The summed E-state index contributed by atoms with van der Waals surface area (Å²) in [6, 6.07) is 5.12. The van der Waals surface area contributed by atoms with Crippen LogP contribution in [-0.2, 0) is 17.3 Å². The number of rotatable bonds is 4. The van der Waals surface area contributed by atoms with Gasteiger partial charge in [0.25, 0.3) is 0 Å². The number of nitrogens with zero attached hydrogens (tertiary/aromatic N) is 4. The minimum absolute atomic E-state index is 0.470. The molecule has 0 spiro atoms. The van der Waals surface area contributed by atoms with Gasteiger partial charge in [0.2, 0.25) is 0 Å². The van der Waals surface area contributed by atoms with Crippen LogP contribution in [0.5, 0.6) is 0 Å². The highest BCUT2D eigenvalue weighted by molar-refractivity contribution is 7.84. The molecule has 0 saturated heterocycles. The smallest absolute Gasteiger partial charge is 0.184 e. The first-order valence-corrected chi connectivity index (χ1v) is 7.30. The Morgan fingerprint density at radius 1 is 1.50 bits per heavy atom. The molecule has 0 radical (unpaired) electrons. The van der Waals surface area contributed by atoms with Crippen molar-refractivity contribution in [3.05, 3.63) is 23.2 Å². The van der Waals surface area contributed by atoms with Crippen molar-refractivity contribution in [2.45, 2.75) is 6.54 Å². The molecule has 0 aliphatic carbocycles. The van der Waals surface area contributed by atoms with Crippen LogP contribution >= 0.6 is 11.6 Å². The summed E-state index contributed by atoms with van der Waals surface area (Å²) in [4.78, 5) is 0. The van der Waals surface area contributed by atoms with Crippen LogP contribution in [0.1, 0.15) is 0 Å². The molecule has 1 atom stereocenters. The van der Waals surface area contributed by atoms with Gasteiger partial charge in [-0.3, -0.25) is 4.21 Å². The minimum atomic E-state index is -0.898. The van der Waals surface area contributed by atoms with Gasteiger partial charge < -0.3 is 5.73 Å². The minimum Gasteiger partial charge on any atom is -0.398 e. The molecular formula is C10H12ClN5OS. The normalized spacial score (nSPS) is 12.6. The number of hydrogen-bond acceptors (Lipinski definition) is 5. The van der Waals surface area contributed by atoms with Crippen LogP contribution in [0.2, 0.25) is 5.02 Å². The lowest BCUT2D eigenvalue weighted by atomic mass is 10.1. The number of halogens is 1. The first-order chi connectivity index (χ1) is 8.58. The second-order valence-electron chi connectivity index (χ2n) is 3.73. The fraction of sp³-hybridized carbons (Fsp3) is 0.300. The summed E-state index contributed by atoms with van der Waals surface area (Å²) in [5.74, 6) is 1.01. The highest BCUT2D eigenvalue weighted by Crippen LogP contribution is 2.26. The van der Waals surface area contributed by atoms with Crippen molar-refractivity contribution in [2.24, 2.45) is 0 Å². The monoisotopic (exact) mass is 285 g/mol. The fourth-order valence-electron chi connectivity index (χ4n) is 1.49. The van der Waals surface area contributed by atoms with Crippen molar-refractivity contribution in [1.29, 1.82) is 0 Å². The van der Waals surface area contributed by atoms with E-state index in [0.29, 0.717) is 34.4 Å². The highest BCUT2D eigenvalue weighted by Gasteiger charge is 2.12. The van der Waals surface area contributed by atoms with E-state index in [1.165, 1.54) is 0 Å². The number of nitrogen functional groups attached to an aromatic ring is 1. The predicted octanol–water partition coefficient (Wildman–Crippen LogP) is 0.954. The zero-order valence-corrected chi connectivity index (χ0v) is 11.3. The Labute approximate surface area is 112 Å². The lowest BCUT2D eigenvalue weighted by Crippen LogP contribution is -2.10. The summed E-state index contributed by atoms with van der Waals surface area (Å²) in [5.41, 5.74) is 7.10. The number of aromatic nitrogens is 4. The standard InChI is InChI=1S/C10H12ClN5OS/c1-18(17)5-4-16-10(13-14-15-16)8-6-7(11)2-3-9(8)12/h2-3,6H,4-5,12H2,1H3. The third-order valence-electron chi connectivity index (χ3n) is 2.38. The van der Waals surface area contributed by atoms with E-state index in [4.69, 9.17) is 17.3 Å². The predicted molar refractivity (Wildman–Crippen MR) is 71.6 cm³/mol. The van der Waals surface area contributed by atoms with E-state index in [0.717, 1.165) is 0 Å². The van der Waals surface area contributed by atoms with Crippen molar-refractivity contribution < 1.29 is 4.21 Å². The van der Waals surface area contributed by atoms with Crippen LogP contribution in [0, 0.1) is 0 Å². The average Bonchev–Trinajstić information content (AvgIpc) is 2.77.